The number of carbonyl (C=O) groups excluding carboxylic acids is 2. The van der Waals surface area contributed by atoms with Gasteiger partial charge in [-0.2, -0.15) is 0 Å². The van der Waals surface area contributed by atoms with Crippen LogP contribution >= 0.6 is 0 Å². The van der Waals surface area contributed by atoms with Gasteiger partial charge in [0.25, 0.3) is 0 Å². The van der Waals surface area contributed by atoms with Crippen LogP contribution in [0.15, 0.2) is 18.5 Å². The zero-order chi connectivity index (χ0) is 16.4. The summed E-state index contributed by atoms with van der Waals surface area (Å²) in [6.07, 6.45) is 4.10. The lowest BCUT2D eigenvalue weighted by Gasteiger charge is -2.18. The number of imide groups is 1. The maximum atomic E-state index is 14.5. The Morgan fingerprint density at radius 2 is 2.09 bits per heavy atom. The Kier molecular flexibility index (Phi) is 2.77. The first-order chi connectivity index (χ1) is 10.9. The van der Waals surface area contributed by atoms with Crippen molar-refractivity contribution in [1.82, 2.24) is 14.3 Å². The molecule has 0 aromatic carbocycles. The number of aromatic nitrogens is 2. The fourth-order valence-corrected chi connectivity index (χ4v) is 2.83. The number of hydrogen-bond acceptors (Lipinski definition) is 4. The zero-order valence-electron chi connectivity index (χ0n) is 12.5. The summed E-state index contributed by atoms with van der Waals surface area (Å²) in [5.74, 6) is -0.325. The average Bonchev–Trinajstić information content (AvgIpc) is 3.06. The molecule has 23 heavy (non-hydrogen) atoms. The molecular weight excluding hydrogens is 303 g/mol. The third-order valence-electron chi connectivity index (χ3n) is 4.43. The minimum absolute atomic E-state index is 0.102. The number of aliphatic hydroxyl groups excluding tert-OH is 1. The van der Waals surface area contributed by atoms with E-state index < -0.39 is 11.7 Å². The van der Waals surface area contributed by atoms with Crippen LogP contribution in [-0.2, 0) is 17.1 Å². The highest BCUT2D eigenvalue weighted by Gasteiger charge is 2.46. The highest BCUT2D eigenvalue weighted by atomic mass is 19.1. The first kappa shape index (κ1) is 14.1. The lowest BCUT2D eigenvalue weighted by Crippen LogP contribution is -2.30. The van der Waals surface area contributed by atoms with Gasteiger partial charge in [0.15, 0.2) is 5.65 Å². The van der Waals surface area contributed by atoms with Gasteiger partial charge in [0.1, 0.15) is 12.2 Å². The van der Waals surface area contributed by atoms with Gasteiger partial charge in [0.05, 0.1) is 18.0 Å². The molecule has 2 aliphatic rings. The van der Waals surface area contributed by atoms with Crippen LogP contribution in [0.1, 0.15) is 24.1 Å². The molecule has 3 heterocycles. The third kappa shape index (κ3) is 2.02. The molecule has 120 valence electrons. The SMILES string of the molecule is CN1C(=O)CN(c2cc(C3(F)CC3)cn3cc(CO)nc23)C1=O. The van der Waals surface area contributed by atoms with Crippen LogP contribution in [0.3, 0.4) is 0 Å². The summed E-state index contributed by atoms with van der Waals surface area (Å²) in [6, 6.07) is 1.12. The van der Waals surface area contributed by atoms with E-state index in [4.69, 9.17) is 0 Å². The Balaban J connectivity index is 1.91. The van der Waals surface area contributed by atoms with Crippen molar-refractivity contribution in [2.24, 2.45) is 0 Å². The van der Waals surface area contributed by atoms with Crippen molar-refractivity contribution in [1.29, 1.82) is 0 Å². The van der Waals surface area contributed by atoms with E-state index in [-0.39, 0.29) is 19.1 Å². The summed E-state index contributed by atoms with van der Waals surface area (Å²) < 4.78 is 16.1. The summed E-state index contributed by atoms with van der Waals surface area (Å²) >= 11 is 0. The number of alkyl halides is 1. The molecular formula is C15H15FN4O3. The van der Waals surface area contributed by atoms with E-state index in [0.717, 1.165) is 4.90 Å². The number of urea groups is 1. The molecule has 1 aliphatic heterocycles. The molecule has 3 amide bonds. The highest BCUT2D eigenvalue weighted by molar-refractivity contribution is 6.13. The third-order valence-corrected chi connectivity index (χ3v) is 4.43. The van der Waals surface area contributed by atoms with Crippen LogP contribution in [-0.4, -0.2) is 44.9 Å². The van der Waals surface area contributed by atoms with Crippen molar-refractivity contribution in [3.8, 4) is 0 Å². The fraction of sp³-hybridized carbons (Fsp3) is 0.400. The first-order valence-electron chi connectivity index (χ1n) is 7.33. The number of hydrogen-bond donors (Lipinski definition) is 1. The second-order valence-corrected chi connectivity index (χ2v) is 6.02. The maximum Gasteiger partial charge on any atom is 0.331 e. The molecule has 0 radical (unpaired) electrons. The predicted molar refractivity (Wildman–Crippen MR) is 78.6 cm³/mol. The molecule has 0 atom stereocenters. The van der Waals surface area contributed by atoms with Gasteiger partial charge in [-0.05, 0) is 18.9 Å². The monoisotopic (exact) mass is 318 g/mol. The van der Waals surface area contributed by atoms with Gasteiger partial charge in [-0.3, -0.25) is 14.6 Å². The summed E-state index contributed by atoms with van der Waals surface area (Å²) in [5, 5.41) is 9.28. The van der Waals surface area contributed by atoms with Crippen molar-refractivity contribution < 1.29 is 19.1 Å². The number of halogens is 1. The highest BCUT2D eigenvalue weighted by Crippen LogP contribution is 2.50. The Labute approximate surface area is 130 Å². The minimum atomic E-state index is -1.38. The fourth-order valence-electron chi connectivity index (χ4n) is 2.83. The molecule has 1 saturated heterocycles. The minimum Gasteiger partial charge on any atom is -0.390 e. The van der Waals surface area contributed by atoms with Gasteiger partial charge in [-0.1, -0.05) is 0 Å². The number of nitrogens with zero attached hydrogens (tertiary/aromatic N) is 4. The van der Waals surface area contributed by atoms with Crippen LogP contribution in [0.2, 0.25) is 0 Å². The molecule has 2 aromatic rings. The van der Waals surface area contributed by atoms with E-state index >= 15 is 0 Å². The van der Waals surface area contributed by atoms with Gasteiger partial charge in [0, 0.05) is 25.0 Å². The van der Waals surface area contributed by atoms with E-state index in [2.05, 4.69) is 4.98 Å². The van der Waals surface area contributed by atoms with Gasteiger partial charge < -0.3 is 9.51 Å². The average molecular weight is 318 g/mol. The number of likely N-dealkylation sites (N-methyl/N-ethyl adjacent to an activating group) is 1. The molecule has 2 fully saturated rings. The van der Waals surface area contributed by atoms with Gasteiger partial charge in [-0.15, -0.1) is 0 Å². The molecule has 0 spiro atoms. The quantitative estimate of drug-likeness (QED) is 0.862. The van der Waals surface area contributed by atoms with Crippen LogP contribution in [0.25, 0.3) is 5.65 Å². The summed E-state index contributed by atoms with van der Waals surface area (Å²) in [7, 11) is 1.41. The smallest absolute Gasteiger partial charge is 0.331 e. The Bertz CT molecular complexity index is 843. The molecule has 4 rings (SSSR count). The standard InChI is InChI=1S/C15H15FN4O3/c1-18-12(22)7-20(14(18)23)11-4-9(15(16)2-3-15)5-19-6-10(8-21)17-13(11)19/h4-6,21H,2-3,7-8H2,1H3. The van der Waals surface area contributed by atoms with E-state index in [1.807, 2.05) is 0 Å². The van der Waals surface area contributed by atoms with Crippen LogP contribution in [0.5, 0.6) is 0 Å². The summed E-state index contributed by atoms with van der Waals surface area (Å²) in [4.78, 5) is 30.6. The number of imidazole rings is 1. The van der Waals surface area contributed by atoms with E-state index in [9.17, 15) is 19.1 Å². The van der Waals surface area contributed by atoms with Gasteiger partial charge >= 0.3 is 6.03 Å². The Morgan fingerprint density at radius 1 is 1.35 bits per heavy atom. The van der Waals surface area contributed by atoms with E-state index in [1.165, 1.54) is 11.9 Å². The van der Waals surface area contributed by atoms with Crippen molar-refractivity contribution in [2.75, 3.05) is 18.5 Å². The number of rotatable bonds is 3. The van der Waals surface area contributed by atoms with Gasteiger partial charge in [-0.25, -0.2) is 14.2 Å². The molecule has 2 aromatic heterocycles. The van der Waals surface area contributed by atoms with Crippen LogP contribution in [0.4, 0.5) is 14.9 Å². The summed E-state index contributed by atoms with van der Waals surface area (Å²) in [6.45, 7) is -0.362. The maximum absolute atomic E-state index is 14.5. The van der Waals surface area contributed by atoms with Crippen molar-refractivity contribution >= 4 is 23.3 Å². The number of fused-ring (bicyclic) bond motifs is 1. The number of anilines is 1. The molecule has 8 heteroatoms. The topological polar surface area (TPSA) is 78.2 Å². The molecule has 1 aliphatic carbocycles. The second kappa shape index (κ2) is 4.51. The number of aliphatic hydroxyl groups is 1. The lowest BCUT2D eigenvalue weighted by atomic mass is 10.1. The van der Waals surface area contributed by atoms with Crippen LogP contribution in [0, 0.1) is 0 Å². The first-order valence-corrected chi connectivity index (χ1v) is 7.33. The van der Waals surface area contributed by atoms with Crippen molar-refractivity contribution in [3.63, 3.8) is 0 Å². The Morgan fingerprint density at radius 3 is 2.65 bits per heavy atom. The van der Waals surface area contributed by atoms with Crippen molar-refractivity contribution in [3.05, 3.63) is 29.7 Å². The lowest BCUT2D eigenvalue weighted by molar-refractivity contribution is -0.123. The molecule has 1 saturated carbocycles. The van der Waals surface area contributed by atoms with Gasteiger partial charge in [0.2, 0.25) is 5.91 Å². The normalized spacial score (nSPS) is 20.0. The molecule has 1 N–H and O–H groups in total. The predicted octanol–water partition coefficient (Wildman–Crippen LogP) is 1.18. The zero-order valence-corrected chi connectivity index (χ0v) is 12.5. The van der Waals surface area contributed by atoms with Crippen LogP contribution < -0.4 is 4.90 Å². The summed E-state index contributed by atoms with van der Waals surface area (Å²) in [5.41, 5.74) is 0.285. The van der Waals surface area contributed by atoms with E-state index in [1.54, 1.807) is 22.9 Å². The Hall–Kier alpha value is -2.48. The molecule has 7 nitrogen and oxygen atoms in total. The number of pyridine rings is 1. The van der Waals surface area contributed by atoms with E-state index in [0.29, 0.717) is 35.4 Å². The molecule has 0 unspecified atom stereocenters. The second-order valence-electron chi connectivity index (χ2n) is 6.02. The number of amides is 3. The number of carbonyl (C=O) groups is 2. The van der Waals surface area contributed by atoms with Crippen molar-refractivity contribution in [2.45, 2.75) is 25.1 Å². The molecule has 0 bridgehead atoms. The largest absolute Gasteiger partial charge is 0.390 e.